The zero-order valence-electron chi connectivity index (χ0n) is 12.5. The van der Waals surface area contributed by atoms with Crippen molar-refractivity contribution in [3.63, 3.8) is 0 Å². The second-order valence-electron chi connectivity index (χ2n) is 7.02. The SMILES string of the molecule is CC(C)NC(C#N)(COCCC(C)(C)C)C1CC1. The molecule has 1 rings (SSSR count). The lowest BCUT2D eigenvalue weighted by Crippen LogP contribution is -2.53. The average molecular weight is 252 g/mol. The lowest BCUT2D eigenvalue weighted by atomic mass is 9.92. The summed E-state index contributed by atoms with van der Waals surface area (Å²) in [6, 6.07) is 2.79. The molecule has 1 saturated carbocycles. The summed E-state index contributed by atoms with van der Waals surface area (Å²) >= 11 is 0. The predicted molar refractivity (Wildman–Crippen MR) is 74.2 cm³/mol. The van der Waals surface area contributed by atoms with Gasteiger partial charge >= 0.3 is 0 Å². The minimum Gasteiger partial charge on any atom is -0.378 e. The zero-order valence-corrected chi connectivity index (χ0v) is 12.5. The van der Waals surface area contributed by atoms with Gasteiger partial charge in [0.05, 0.1) is 12.7 Å². The normalized spacial score (nSPS) is 19.6. The van der Waals surface area contributed by atoms with Crippen LogP contribution in [0, 0.1) is 22.7 Å². The third kappa shape index (κ3) is 4.96. The Labute approximate surface area is 112 Å². The van der Waals surface area contributed by atoms with Gasteiger partial charge in [0.25, 0.3) is 0 Å². The van der Waals surface area contributed by atoms with Gasteiger partial charge in [0.15, 0.2) is 0 Å². The molecule has 1 fully saturated rings. The number of hydrogen-bond acceptors (Lipinski definition) is 3. The first kappa shape index (κ1) is 15.5. The van der Waals surface area contributed by atoms with Crippen LogP contribution in [0.1, 0.15) is 53.9 Å². The van der Waals surface area contributed by atoms with Gasteiger partial charge in [0.1, 0.15) is 5.54 Å². The van der Waals surface area contributed by atoms with Crippen LogP contribution in [0.15, 0.2) is 0 Å². The summed E-state index contributed by atoms with van der Waals surface area (Å²) in [7, 11) is 0. The van der Waals surface area contributed by atoms with Crippen LogP contribution < -0.4 is 5.32 Å². The third-order valence-electron chi connectivity index (χ3n) is 3.35. The maximum Gasteiger partial charge on any atom is 0.133 e. The Morgan fingerprint density at radius 1 is 1.33 bits per heavy atom. The van der Waals surface area contributed by atoms with E-state index in [0.29, 0.717) is 24.0 Å². The molecule has 1 aliphatic rings. The molecular weight excluding hydrogens is 224 g/mol. The molecule has 1 aliphatic carbocycles. The summed E-state index contributed by atoms with van der Waals surface area (Å²) in [6.45, 7) is 12.1. The molecule has 0 aromatic rings. The number of nitriles is 1. The van der Waals surface area contributed by atoms with Gasteiger partial charge < -0.3 is 4.74 Å². The summed E-state index contributed by atoms with van der Waals surface area (Å²) in [5.74, 6) is 0.472. The molecule has 0 saturated heterocycles. The van der Waals surface area contributed by atoms with Gasteiger partial charge in [-0.1, -0.05) is 20.8 Å². The van der Waals surface area contributed by atoms with Gasteiger partial charge in [-0.2, -0.15) is 5.26 Å². The van der Waals surface area contributed by atoms with Crippen molar-refractivity contribution in [3.8, 4) is 6.07 Å². The molecule has 0 heterocycles. The monoisotopic (exact) mass is 252 g/mol. The average Bonchev–Trinajstić information content (AvgIpc) is 3.04. The Bertz CT molecular complexity index is 297. The molecule has 0 spiro atoms. The van der Waals surface area contributed by atoms with Crippen LogP contribution in [0.5, 0.6) is 0 Å². The molecule has 1 N–H and O–H groups in total. The van der Waals surface area contributed by atoms with E-state index >= 15 is 0 Å². The van der Waals surface area contributed by atoms with Crippen molar-refractivity contribution in [1.29, 1.82) is 5.26 Å². The Morgan fingerprint density at radius 2 is 1.94 bits per heavy atom. The van der Waals surface area contributed by atoms with E-state index in [0.717, 1.165) is 25.9 Å². The van der Waals surface area contributed by atoms with Gasteiger partial charge in [-0.25, -0.2) is 0 Å². The summed E-state index contributed by atoms with van der Waals surface area (Å²) in [5.41, 5.74) is -0.174. The molecule has 0 aromatic heterocycles. The minimum atomic E-state index is -0.466. The number of hydrogen-bond donors (Lipinski definition) is 1. The molecule has 0 aliphatic heterocycles. The zero-order chi connectivity index (χ0) is 13.8. The summed E-state index contributed by atoms with van der Waals surface area (Å²) < 4.78 is 5.78. The van der Waals surface area contributed by atoms with E-state index < -0.39 is 5.54 Å². The van der Waals surface area contributed by atoms with Gasteiger partial charge in [-0.3, -0.25) is 5.32 Å². The highest BCUT2D eigenvalue weighted by Gasteiger charge is 2.46. The highest BCUT2D eigenvalue weighted by molar-refractivity contribution is 5.16. The predicted octanol–water partition coefficient (Wildman–Crippen LogP) is 3.11. The van der Waals surface area contributed by atoms with Crippen molar-refractivity contribution in [2.24, 2.45) is 11.3 Å². The molecule has 18 heavy (non-hydrogen) atoms. The molecule has 1 unspecified atom stereocenters. The van der Waals surface area contributed by atoms with Crippen LogP contribution in [-0.4, -0.2) is 24.8 Å². The first-order chi connectivity index (χ1) is 8.29. The van der Waals surface area contributed by atoms with E-state index in [1.807, 2.05) is 0 Å². The van der Waals surface area contributed by atoms with E-state index in [4.69, 9.17) is 4.74 Å². The second-order valence-corrected chi connectivity index (χ2v) is 7.02. The molecular formula is C15H28N2O. The maximum atomic E-state index is 9.50. The van der Waals surface area contributed by atoms with Gasteiger partial charge in [0.2, 0.25) is 0 Å². The fourth-order valence-electron chi connectivity index (χ4n) is 2.14. The molecule has 1 atom stereocenters. The van der Waals surface area contributed by atoms with Crippen LogP contribution in [0.25, 0.3) is 0 Å². The Kier molecular flexibility index (Phi) is 5.19. The van der Waals surface area contributed by atoms with Crippen molar-refractivity contribution < 1.29 is 4.74 Å². The minimum absolute atomic E-state index is 0.292. The first-order valence-corrected chi connectivity index (χ1v) is 7.06. The van der Waals surface area contributed by atoms with E-state index in [1.165, 1.54) is 0 Å². The van der Waals surface area contributed by atoms with Crippen molar-refractivity contribution in [2.45, 2.75) is 65.5 Å². The van der Waals surface area contributed by atoms with E-state index in [2.05, 4.69) is 46.0 Å². The van der Waals surface area contributed by atoms with Crippen LogP contribution in [0.4, 0.5) is 0 Å². The smallest absolute Gasteiger partial charge is 0.133 e. The summed E-state index contributed by atoms with van der Waals surface area (Å²) in [4.78, 5) is 0. The Morgan fingerprint density at radius 3 is 2.33 bits per heavy atom. The molecule has 3 heteroatoms. The van der Waals surface area contributed by atoms with Crippen LogP contribution in [0.3, 0.4) is 0 Å². The van der Waals surface area contributed by atoms with Crippen molar-refractivity contribution in [3.05, 3.63) is 0 Å². The van der Waals surface area contributed by atoms with E-state index in [-0.39, 0.29) is 0 Å². The van der Waals surface area contributed by atoms with Crippen LogP contribution in [-0.2, 0) is 4.74 Å². The van der Waals surface area contributed by atoms with Crippen molar-refractivity contribution >= 4 is 0 Å². The number of ether oxygens (including phenoxy) is 1. The number of rotatable bonds is 7. The molecule has 0 amide bonds. The maximum absolute atomic E-state index is 9.50. The first-order valence-electron chi connectivity index (χ1n) is 7.06. The third-order valence-corrected chi connectivity index (χ3v) is 3.35. The molecule has 0 aromatic carbocycles. The lowest BCUT2D eigenvalue weighted by Gasteiger charge is -2.30. The lowest BCUT2D eigenvalue weighted by molar-refractivity contribution is 0.0615. The fourth-order valence-corrected chi connectivity index (χ4v) is 2.14. The highest BCUT2D eigenvalue weighted by Crippen LogP contribution is 2.40. The number of nitrogens with zero attached hydrogens (tertiary/aromatic N) is 1. The largest absolute Gasteiger partial charge is 0.378 e. The Hall–Kier alpha value is -0.590. The molecule has 0 bridgehead atoms. The number of nitrogens with one attached hydrogen (secondary N) is 1. The summed E-state index contributed by atoms with van der Waals surface area (Å²) in [6.07, 6.45) is 3.33. The highest BCUT2D eigenvalue weighted by atomic mass is 16.5. The van der Waals surface area contributed by atoms with E-state index in [1.54, 1.807) is 0 Å². The standard InChI is InChI=1S/C15H28N2O/c1-12(2)17-15(10-16,13-6-7-13)11-18-9-8-14(3,4)5/h12-13,17H,6-9,11H2,1-5H3. The van der Waals surface area contributed by atoms with Crippen LogP contribution in [0.2, 0.25) is 0 Å². The quantitative estimate of drug-likeness (QED) is 0.708. The van der Waals surface area contributed by atoms with Gasteiger partial charge in [0, 0.05) is 12.6 Å². The van der Waals surface area contributed by atoms with Gasteiger partial charge in [-0.05, 0) is 44.4 Å². The topological polar surface area (TPSA) is 45.0 Å². The molecule has 3 nitrogen and oxygen atoms in total. The van der Waals surface area contributed by atoms with Crippen molar-refractivity contribution in [2.75, 3.05) is 13.2 Å². The van der Waals surface area contributed by atoms with Crippen molar-refractivity contribution in [1.82, 2.24) is 5.32 Å². The molecule has 104 valence electrons. The van der Waals surface area contributed by atoms with Crippen LogP contribution >= 0.6 is 0 Å². The fraction of sp³-hybridized carbons (Fsp3) is 0.933. The second kappa shape index (κ2) is 6.04. The Balaban J connectivity index is 2.45. The van der Waals surface area contributed by atoms with Gasteiger partial charge in [-0.15, -0.1) is 0 Å². The molecule has 0 radical (unpaired) electrons. The summed E-state index contributed by atoms with van der Waals surface area (Å²) in [5, 5.41) is 12.9. The van der Waals surface area contributed by atoms with E-state index in [9.17, 15) is 5.26 Å².